The number of carbonyl (C=O) groups is 3. The molecule has 10 nitrogen and oxygen atoms in total. The van der Waals surface area contributed by atoms with Gasteiger partial charge in [0.2, 0.25) is 0 Å². The Labute approximate surface area is 224 Å². The molecule has 0 aromatic rings. The highest BCUT2D eigenvalue weighted by Gasteiger charge is 2.23. The Hall–Kier alpha value is -2.23. The van der Waals surface area contributed by atoms with Crippen LogP contribution in [0.5, 0.6) is 0 Å². The first-order chi connectivity index (χ1) is 16.9. The van der Waals surface area contributed by atoms with Crippen LogP contribution in [0.25, 0.3) is 0 Å². The lowest BCUT2D eigenvalue weighted by Crippen LogP contribution is -2.40. The van der Waals surface area contributed by atoms with Gasteiger partial charge in [-0.1, -0.05) is 0 Å². The molecule has 0 aromatic heterocycles. The number of hydrogen-bond acceptors (Lipinski definition) is 7. The van der Waals surface area contributed by atoms with E-state index in [9.17, 15) is 14.4 Å². The third kappa shape index (κ3) is 20.5. The second-order valence-electron chi connectivity index (χ2n) is 12.3. The Bertz CT molecular complexity index is 680. The average Bonchev–Trinajstić information content (AvgIpc) is 2.69. The normalized spacial score (nSPS) is 12.1. The molecule has 0 radical (unpaired) electrons. The maximum absolute atomic E-state index is 12.8. The molecule has 0 aliphatic rings. The van der Waals surface area contributed by atoms with Gasteiger partial charge in [-0.05, 0) is 107 Å². The minimum absolute atomic E-state index is 0.341. The number of nitrogens with two attached hydrogens (primary N) is 1. The van der Waals surface area contributed by atoms with Crippen LogP contribution in [0.2, 0.25) is 0 Å². The first-order valence-corrected chi connectivity index (χ1v) is 13.6. The lowest BCUT2D eigenvalue weighted by Gasteiger charge is -2.29. The molecule has 37 heavy (non-hydrogen) atoms. The molecule has 0 unspecified atom stereocenters. The monoisotopic (exact) mass is 530 g/mol. The molecular weight excluding hydrogens is 476 g/mol. The van der Waals surface area contributed by atoms with E-state index in [0.717, 1.165) is 32.1 Å². The Morgan fingerprint density at radius 2 is 0.973 bits per heavy atom. The zero-order chi connectivity index (χ0) is 28.7. The third-order valence-corrected chi connectivity index (χ3v) is 4.81. The molecular formula is C27H54N4O6. The lowest BCUT2D eigenvalue weighted by molar-refractivity contribution is 0.0207. The van der Waals surface area contributed by atoms with E-state index >= 15 is 0 Å². The summed E-state index contributed by atoms with van der Waals surface area (Å²) in [7, 11) is 0. The van der Waals surface area contributed by atoms with E-state index in [1.54, 1.807) is 9.80 Å². The van der Waals surface area contributed by atoms with E-state index in [-0.39, 0.29) is 12.2 Å². The molecule has 0 saturated heterocycles. The van der Waals surface area contributed by atoms with Crippen molar-refractivity contribution in [2.75, 3.05) is 39.3 Å². The number of amides is 3. The van der Waals surface area contributed by atoms with Crippen molar-refractivity contribution in [1.82, 2.24) is 15.1 Å². The molecule has 0 saturated carbocycles. The van der Waals surface area contributed by atoms with Gasteiger partial charge in [-0.3, -0.25) is 0 Å². The van der Waals surface area contributed by atoms with E-state index in [1.807, 2.05) is 62.3 Å². The first-order valence-electron chi connectivity index (χ1n) is 13.6. The van der Waals surface area contributed by atoms with Crippen molar-refractivity contribution < 1.29 is 28.6 Å². The van der Waals surface area contributed by atoms with Crippen LogP contribution >= 0.6 is 0 Å². The van der Waals surface area contributed by atoms with E-state index in [4.69, 9.17) is 19.9 Å². The molecule has 0 rings (SSSR count). The molecule has 0 fully saturated rings. The smallest absolute Gasteiger partial charge is 0.410 e. The third-order valence-electron chi connectivity index (χ3n) is 4.81. The molecule has 0 spiro atoms. The number of unbranched alkanes of at least 4 members (excludes halogenated alkanes) is 3. The van der Waals surface area contributed by atoms with Gasteiger partial charge in [0.15, 0.2) is 0 Å². The summed E-state index contributed by atoms with van der Waals surface area (Å²) in [4.78, 5) is 40.5. The van der Waals surface area contributed by atoms with Gasteiger partial charge in [0.05, 0.1) is 0 Å². The summed E-state index contributed by atoms with van der Waals surface area (Å²) in [5.74, 6) is 0. The predicted octanol–water partition coefficient (Wildman–Crippen LogP) is 5.28. The predicted molar refractivity (Wildman–Crippen MR) is 147 cm³/mol. The summed E-state index contributed by atoms with van der Waals surface area (Å²) in [5, 5.41) is 2.75. The fraction of sp³-hybridized carbons (Fsp3) is 0.889. The number of rotatable bonds is 14. The van der Waals surface area contributed by atoms with Crippen molar-refractivity contribution in [3.63, 3.8) is 0 Å². The molecule has 0 aliphatic heterocycles. The molecule has 0 atom stereocenters. The van der Waals surface area contributed by atoms with Crippen LogP contribution in [-0.2, 0) is 14.2 Å². The summed E-state index contributed by atoms with van der Waals surface area (Å²) in [6.07, 6.45) is 3.46. The van der Waals surface area contributed by atoms with Gasteiger partial charge in [0.1, 0.15) is 16.8 Å². The maximum atomic E-state index is 12.8. The van der Waals surface area contributed by atoms with Gasteiger partial charge in [0.25, 0.3) is 0 Å². The average molecular weight is 531 g/mol. The van der Waals surface area contributed by atoms with E-state index in [1.165, 1.54) is 0 Å². The number of alkyl carbamates (subject to hydrolysis) is 1. The second kappa shape index (κ2) is 16.6. The molecule has 0 bridgehead atoms. The highest BCUT2D eigenvalue weighted by Crippen LogP contribution is 2.14. The van der Waals surface area contributed by atoms with Gasteiger partial charge < -0.3 is 35.1 Å². The van der Waals surface area contributed by atoms with Crippen LogP contribution in [0, 0.1) is 0 Å². The first kappa shape index (κ1) is 34.8. The van der Waals surface area contributed by atoms with Crippen molar-refractivity contribution in [2.45, 2.75) is 118 Å². The summed E-state index contributed by atoms with van der Waals surface area (Å²) < 4.78 is 16.3. The summed E-state index contributed by atoms with van der Waals surface area (Å²) in [5.41, 5.74) is 3.97. The molecule has 3 amide bonds. The van der Waals surface area contributed by atoms with Crippen LogP contribution in [0.1, 0.15) is 101 Å². The maximum Gasteiger partial charge on any atom is 0.410 e. The zero-order valence-corrected chi connectivity index (χ0v) is 24.9. The quantitative estimate of drug-likeness (QED) is 0.231. The minimum atomic E-state index is -0.581. The Kier molecular flexibility index (Phi) is 15.6. The highest BCUT2D eigenvalue weighted by molar-refractivity contribution is 5.68. The van der Waals surface area contributed by atoms with E-state index in [0.29, 0.717) is 45.7 Å². The van der Waals surface area contributed by atoms with Gasteiger partial charge in [-0.2, -0.15) is 0 Å². The SMILES string of the molecule is CC(C)(C)OC(=O)NCCCCCN(CCCCN(CCCN)C(=O)OC(C)(C)C)C(=O)OC(C)(C)C. The fourth-order valence-electron chi connectivity index (χ4n) is 3.24. The van der Waals surface area contributed by atoms with Crippen molar-refractivity contribution in [3.8, 4) is 0 Å². The molecule has 10 heteroatoms. The van der Waals surface area contributed by atoms with Gasteiger partial charge in [-0.15, -0.1) is 0 Å². The Morgan fingerprint density at radius 3 is 1.35 bits per heavy atom. The minimum Gasteiger partial charge on any atom is -0.444 e. The van der Waals surface area contributed by atoms with Gasteiger partial charge in [-0.25, -0.2) is 14.4 Å². The number of hydrogen-bond donors (Lipinski definition) is 2. The Morgan fingerprint density at radius 1 is 0.595 bits per heavy atom. The van der Waals surface area contributed by atoms with Crippen LogP contribution < -0.4 is 11.1 Å². The summed E-state index contributed by atoms with van der Waals surface area (Å²) >= 11 is 0. The number of ether oxygens (including phenoxy) is 3. The van der Waals surface area contributed by atoms with E-state index < -0.39 is 22.9 Å². The van der Waals surface area contributed by atoms with Crippen molar-refractivity contribution in [3.05, 3.63) is 0 Å². The van der Waals surface area contributed by atoms with Crippen molar-refractivity contribution in [2.24, 2.45) is 5.73 Å². The van der Waals surface area contributed by atoms with Gasteiger partial charge >= 0.3 is 18.3 Å². The van der Waals surface area contributed by atoms with Crippen LogP contribution in [-0.4, -0.2) is 84.2 Å². The van der Waals surface area contributed by atoms with Crippen molar-refractivity contribution in [1.29, 1.82) is 0 Å². The molecule has 0 aliphatic carbocycles. The van der Waals surface area contributed by atoms with Gasteiger partial charge in [0, 0.05) is 32.7 Å². The summed E-state index contributed by atoms with van der Waals surface area (Å²) in [6.45, 7) is 19.7. The Balaban J connectivity index is 4.70. The largest absolute Gasteiger partial charge is 0.444 e. The van der Waals surface area contributed by atoms with Crippen LogP contribution in [0.15, 0.2) is 0 Å². The standard InChI is InChI=1S/C27H54N4O6/c1-25(2,3)35-22(32)29-17-11-10-12-18-30(23(33)36-26(4,5)6)19-13-14-20-31(21-15-16-28)24(34)37-27(7,8)9/h10-21,28H2,1-9H3,(H,29,32). The van der Waals surface area contributed by atoms with E-state index in [2.05, 4.69) is 5.32 Å². The second-order valence-corrected chi connectivity index (χ2v) is 12.3. The van der Waals surface area contributed by atoms with Crippen LogP contribution in [0.4, 0.5) is 14.4 Å². The zero-order valence-electron chi connectivity index (χ0n) is 24.9. The lowest BCUT2D eigenvalue weighted by atomic mass is 10.2. The number of nitrogens with zero attached hydrogens (tertiary/aromatic N) is 2. The van der Waals surface area contributed by atoms with Crippen LogP contribution in [0.3, 0.4) is 0 Å². The molecule has 0 aromatic carbocycles. The number of carbonyl (C=O) groups excluding carboxylic acids is 3. The number of nitrogens with one attached hydrogen (secondary N) is 1. The molecule has 3 N–H and O–H groups in total. The fourth-order valence-corrected chi connectivity index (χ4v) is 3.24. The molecule has 218 valence electrons. The highest BCUT2D eigenvalue weighted by atomic mass is 16.6. The topological polar surface area (TPSA) is 123 Å². The van der Waals surface area contributed by atoms with Crippen molar-refractivity contribution >= 4 is 18.3 Å². The molecule has 0 heterocycles. The summed E-state index contributed by atoms with van der Waals surface area (Å²) in [6, 6.07) is 0.